The summed E-state index contributed by atoms with van der Waals surface area (Å²) in [7, 11) is 2.68. The number of nitriles is 2. The summed E-state index contributed by atoms with van der Waals surface area (Å²) in [6.45, 7) is 2.50. The van der Waals surface area contributed by atoms with Crippen LogP contribution in [0.1, 0.15) is 31.2 Å². The van der Waals surface area contributed by atoms with Gasteiger partial charge in [0.25, 0.3) is 0 Å². The highest BCUT2D eigenvalue weighted by Crippen LogP contribution is 2.59. The van der Waals surface area contributed by atoms with Crippen molar-refractivity contribution in [3.05, 3.63) is 21.4 Å². The van der Waals surface area contributed by atoms with Gasteiger partial charge in [0.05, 0.1) is 41.5 Å². The molecule has 0 aliphatic carbocycles. The molecule has 0 atom stereocenters. The summed E-state index contributed by atoms with van der Waals surface area (Å²) >= 11 is 2.58. The van der Waals surface area contributed by atoms with Gasteiger partial charge in [0, 0.05) is 12.8 Å². The van der Waals surface area contributed by atoms with Crippen molar-refractivity contribution in [2.75, 3.05) is 27.4 Å². The maximum absolute atomic E-state index is 11.3. The molecule has 0 bridgehead atoms. The number of ether oxygens (including phenoxy) is 4. The van der Waals surface area contributed by atoms with Crippen LogP contribution in [-0.4, -0.2) is 39.4 Å². The second-order valence-corrected chi connectivity index (χ2v) is 8.63. The van der Waals surface area contributed by atoms with Crippen LogP contribution in [0.5, 0.6) is 11.5 Å². The Morgan fingerprint density at radius 3 is 2.03 bits per heavy atom. The Labute approximate surface area is 189 Å². The lowest BCUT2D eigenvalue weighted by Gasteiger charge is -2.16. The van der Waals surface area contributed by atoms with Gasteiger partial charge < -0.3 is 18.9 Å². The molecule has 1 aliphatic heterocycles. The lowest BCUT2D eigenvalue weighted by atomic mass is 10.2. The smallest absolute Gasteiger partial charge is 0.305 e. The topological polar surface area (TPSA) is 119 Å². The van der Waals surface area contributed by atoms with E-state index in [1.54, 1.807) is 0 Å². The van der Waals surface area contributed by atoms with E-state index in [4.69, 9.17) is 9.47 Å². The van der Waals surface area contributed by atoms with Crippen LogP contribution in [0.3, 0.4) is 0 Å². The van der Waals surface area contributed by atoms with Gasteiger partial charge in [-0.2, -0.15) is 10.5 Å². The number of fused-ring (bicyclic) bond motifs is 1. The van der Waals surface area contributed by atoms with Crippen molar-refractivity contribution in [1.82, 2.24) is 0 Å². The van der Waals surface area contributed by atoms with E-state index in [2.05, 4.69) is 9.47 Å². The first-order valence-corrected chi connectivity index (χ1v) is 11.0. The molecule has 0 unspecified atom stereocenters. The van der Waals surface area contributed by atoms with Gasteiger partial charge in [0.2, 0.25) is 0 Å². The van der Waals surface area contributed by atoms with Crippen molar-refractivity contribution in [2.45, 2.75) is 42.4 Å². The number of esters is 2. The van der Waals surface area contributed by atoms with Gasteiger partial charge >= 0.3 is 11.9 Å². The van der Waals surface area contributed by atoms with Crippen LogP contribution in [0, 0.1) is 29.6 Å². The summed E-state index contributed by atoms with van der Waals surface area (Å²) in [5, 5.41) is 18.5. The Hall–Kier alpha value is -2.82. The van der Waals surface area contributed by atoms with E-state index in [0.717, 1.165) is 15.4 Å². The number of hydrogen-bond donors (Lipinski definition) is 0. The van der Waals surface area contributed by atoms with Gasteiger partial charge in [-0.1, -0.05) is 23.5 Å². The van der Waals surface area contributed by atoms with E-state index >= 15 is 0 Å². The zero-order valence-corrected chi connectivity index (χ0v) is 19.1. The Bertz CT molecular complexity index is 946. The second kappa shape index (κ2) is 12.1. The second-order valence-electron chi connectivity index (χ2n) is 6.33. The molecule has 0 N–H and O–H groups in total. The standard InChI is InChI=1S/C21H22N2O6S2/c1-13-10-15(28-8-4-6-16(24)26-2)19-20(31-21(30-19)14(11-22)12-23)18(13)29-9-5-7-17(25)27-3/h10H,4-9H2,1-3H3. The van der Waals surface area contributed by atoms with Gasteiger partial charge in [-0.15, -0.1) is 0 Å². The Kier molecular flexibility index (Phi) is 9.57. The van der Waals surface area contributed by atoms with Crippen molar-refractivity contribution in [1.29, 1.82) is 10.5 Å². The first-order chi connectivity index (χ1) is 14.9. The molecule has 0 aromatic heterocycles. The molecule has 8 nitrogen and oxygen atoms in total. The zero-order chi connectivity index (χ0) is 22.8. The molecule has 1 aliphatic rings. The summed E-state index contributed by atoms with van der Waals surface area (Å²) in [5.74, 6) is 0.624. The number of benzene rings is 1. The van der Waals surface area contributed by atoms with Crippen LogP contribution >= 0.6 is 23.5 Å². The fraction of sp³-hybridized carbons (Fsp3) is 0.429. The Morgan fingerprint density at radius 1 is 0.935 bits per heavy atom. The summed E-state index contributed by atoms with van der Waals surface area (Å²) in [5.41, 5.74) is 0.849. The fourth-order valence-corrected chi connectivity index (χ4v) is 5.20. The zero-order valence-electron chi connectivity index (χ0n) is 17.5. The summed E-state index contributed by atoms with van der Waals surface area (Å²) in [6.07, 6.45) is 1.49. The molecule has 0 spiro atoms. The van der Waals surface area contributed by atoms with Crippen LogP contribution in [0.4, 0.5) is 0 Å². The van der Waals surface area contributed by atoms with Crippen molar-refractivity contribution in [3.8, 4) is 23.6 Å². The van der Waals surface area contributed by atoms with E-state index in [1.165, 1.54) is 37.7 Å². The molecule has 1 aromatic rings. The Morgan fingerprint density at radius 2 is 1.48 bits per heavy atom. The first kappa shape index (κ1) is 24.4. The van der Waals surface area contributed by atoms with Gasteiger partial charge in [0.15, 0.2) is 0 Å². The molecule has 0 fully saturated rings. The molecule has 1 aromatic carbocycles. The number of methoxy groups -OCH3 is 2. The third-order valence-electron chi connectivity index (χ3n) is 4.17. The van der Waals surface area contributed by atoms with E-state index in [9.17, 15) is 20.1 Å². The van der Waals surface area contributed by atoms with E-state index in [0.29, 0.717) is 41.8 Å². The maximum Gasteiger partial charge on any atom is 0.305 e. The van der Waals surface area contributed by atoms with Gasteiger partial charge in [0.1, 0.15) is 29.2 Å². The third-order valence-corrected chi connectivity index (χ3v) is 6.78. The fourth-order valence-electron chi connectivity index (χ4n) is 2.62. The van der Waals surface area contributed by atoms with Gasteiger partial charge in [-0.3, -0.25) is 9.59 Å². The number of rotatable bonds is 10. The summed E-state index contributed by atoms with van der Waals surface area (Å²) < 4.78 is 21.7. The minimum Gasteiger partial charge on any atom is -0.492 e. The van der Waals surface area contributed by atoms with Crippen LogP contribution in [0.2, 0.25) is 0 Å². The molecule has 0 saturated carbocycles. The largest absolute Gasteiger partial charge is 0.492 e. The summed E-state index contributed by atoms with van der Waals surface area (Å²) in [6, 6.07) is 5.67. The molecular weight excluding hydrogens is 440 g/mol. The number of thioether (sulfide) groups is 2. The van der Waals surface area contributed by atoms with E-state index in [-0.39, 0.29) is 30.4 Å². The molecule has 1 heterocycles. The van der Waals surface area contributed by atoms with Crippen molar-refractivity contribution in [2.24, 2.45) is 0 Å². The molecule has 164 valence electrons. The van der Waals surface area contributed by atoms with Gasteiger partial charge in [-0.05, 0) is 31.4 Å². The minimum absolute atomic E-state index is 0.0251. The number of hydrogen-bond acceptors (Lipinski definition) is 10. The van der Waals surface area contributed by atoms with Crippen molar-refractivity contribution in [3.63, 3.8) is 0 Å². The predicted octanol–water partition coefficient (Wildman–Crippen LogP) is 4.12. The lowest BCUT2D eigenvalue weighted by molar-refractivity contribution is -0.141. The Balaban J connectivity index is 2.23. The molecule has 0 amide bonds. The van der Waals surface area contributed by atoms with Crippen LogP contribution in [0.15, 0.2) is 25.7 Å². The summed E-state index contributed by atoms with van der Waals surface area (Å²) in [4.78, 5) is 24.1. The predicted molar refractivity (Wildman–Crippen MR) is 115 cm³/mol. The number of allylic oxidation sites excluding steroid dienone is 1. The number of aryl methyl sites for hydroxylation is 1. The van der Waals surface area contributed by atoms with Crippen LogP contribution in [0.25, 0.3) is 0 Å². The minimum atomic E-state index is -0.302. The highest BCUT2D eigenvalue weighted by Gasteiger charge is 2.30. The number of carbonyl (C=O) groups excluding carboxylic acids is 2. The highest BCUT2D eigenvalue weighted by atomic mass is 32.2. The molecule has 31 heavy (non-hydrogen) atoms. The normalized spacial score (nSPS) is 11.7. The average molecular weight is 463 g/mol. The van der Waals surface area contributed by atoms with Crippen molar-refractivity contribution >= 4 is 35.5 Å². The van der Waals surface area contributed by atoms with Crippen LogP contribution in [-0.2, 0) is 19.1 Å². The molecular formula is C21H22N2O6S2. The molecule has 10 heteroatoms. The first-order valence-electron chi connectivity index (χ1n) is 9.42. The average Bonchev–Trinajstić information content (AvgIpc) is 3.21. The SMILES string of the molecule is COC(=O)CCCOc1cc(C)c(OCCCC(=O)OC)c2c1SC(=C(C#N)C#N)S2. The molecule has 0 saturated heterocycles. The lowest BCUT2D eigenvalue weighted by Crippen LogP contribution is -2.07. The monoisotopic (exact) mass is 462 g/mol. The van der Waals surface area contributed by atoms with E-state index < -0.39 is 0 Å². The van der Waals surface area contributed by atoms with Crippen LogP contribution < -0.4 is 9.47 Å². The molecule has 0 radical (unpaired) electrons. The number of nitrogens with zero attached hydrogens (tertiary/aromatic N) is 2. The third kappa shape index (κ3) is 6.58. The molecule has 2 rings (SSSR count). The number of carbonyl (C=O) groups is 2. The van der Waals surface area contributed by atoms with Gasteiger partial charge in [-0.25, -0.2) is 0 Å². The van der Waals surface area contributed by atoms with E-state index in [1.807, 2.05) is 25.1 Å². The highest BCUT2D eigenvalue weighted by molar-refractivity contribution is 8.24. The maximum atomic E-state index is 11.3. The van der Waals surface area contributed by atoms with Crippen molar-refractivity contribution < 1.29 is 28.5 Å². The quantitative estimate of drug-likeness (QED) is 0.285.